The predicted octanol–water partition coefficient (Wildman–Crippen LogP) is 0.990. The van der Waals surface area contributed by atoms with Crippen molar-refractivity contribution in [2.75, 3.05) is 0 Å². The van der Waals surface area contributed by atoms with Crippen LogP contribution >= 0.6 is 0 Å². The van der Waals surface area contributed by atoms with Gasteiger partial charge in [0.2, 0.25) is 5.69 Å². The van der Waals surface area contributed by atoms with Crippen LogP contribution in [0.3, 0.4) is 0 Å². The average Bonchev–Trinajstić information content (AvgIpc) is 2.70. The van der Waals surface area contributed by atoms with E-state index in [-0.39, 0.29) is 5.69 Å². The van der Waals surface area contributed by atoms with Crippen LogP contribution in [0.4, 0.5) is 13.2 Å². The maximum Gasteiger partial charge on any atom is 0.461 e. The van der Waals surface area contributed by atoms with E-state index in [0.717, 1.165) is 0 Å². The summed E-state index contributed by atoms with van der Waals surface area (Å²) in [5.41, 5.74) is -2.31. The molecule has 94 valence electrons. The molecule has 0 atom stereocenters. The average molecular weight is 259 g/mol. The number of aromatic nitrogens is 2. The van der Waals surface area contributed by atoms with Crippen molar-refractivity contribution in [1.82, 2.24) is 5.27 Å². The van der Waals surface area contributed by atoms with Gasteiger partial charge in [0.25, 0.3) is 0 Å². The summed E-state index contributed by atoms with van der Waals surface area (Å²) in [7, 11) is 0. The molecule has 0 saturated carbocycles. The Morgan fingerprint density at radius 1 is 1.22 bits per heavy atom. The van der Waals surface area contributed by atoms with E-state index in [1.165, 1.54) is 24.3 Å². The number of H-pyrrole nitrogens is 1. The summed E-state index contributed by atoms with van der Waals surface area (Å²) >= 11 is 0. The molecule has 2 rings (SSSR count). The van der Waals surface area contributed by atoms with Crippen LogP contribution in [0, 0.1) is 0 Å². The smallest absolute Gasteiger partial charge is 0.282 e. The number of carbonyl (C=O) groups excluding carboxylic acids is 1. The molecule has 0 aliphatic carbocycles. The van der Waals surface area contributed by atoms with E-state index < -0.39 is 23.3 Å². The Balaban J connectivity index is 2.60. The minimum Gasteiger partial charge on any atom is -0.282 e. The lowest BCUT2D eigenvalue weighted by molar-refractivity contribution is -0.672. The van der Waals surface area contributed by atoms with Gasteiger partial charge in [-0.15, -0.1) is 0 Å². The van der Waals surface area contributed by atoms with E-state index >= 15 is 0 Å². The Kier molecular flexibility index (Phi) is 2.77. The second-order valence-corrected chi connectivity index (χ2v) is 3.33. The van der Waals surface area contributed by atoms with Gasteiger partial charge >= 0.3 is 23.3 Å². The van der Waals surface area contributed by atoms with E-state index in [9.17, 15) is 22.8 Å². The summed E-state index contributed by atoms with van der Waals surface area (Å²) in [4.78, 5) is 22.3. The van der Waals surface area contributed by atoms with Gasteiger partial charge in [-0.25, -0.2) is 4.79 Å². The molecular formula is C10H6F3N2O3+. The molecule has 1 N–H and O–H groups in total. The molecule has 1 aromatic carbocycles. The number of aromatic amines is 1. The number of rotatable bonds is 2. The Morgan fingerprint density at radius 2 is 1.83 bits per heavy atom. The molecule has 0 amide bonds. The summed E-state index contributed by atoms with van der Waals surface area (Å²) in [5.74, 6) is -2.26. The molecule has 5 nitrogen and oxygen atoms in total. The van der Waals surface area contributed by atoms with Crippen LogP contribution in [0.15, 0.2) is 39.6 Å². The number of para-hydroxylation sites is 1. The maximum atomic E-state index is 12.3. The molecule has 0 saturated heterocycles. The summed E-state index contributed by atoms with van der Waals surface area (Å²) in [6.07, 6.45) is -5.15. The fraction of sp³-hybridized carbons (Fsp3) is 0.100. The summed E-state index contributed by atoms with van der Waals surface area (Å²) in [6.45, 7) is 0. The highest BCUT2D eigenvalue weighted by Gasteiger charge is 2.49. The minimum atomic E-state index is -5.15. The van der Waals surface area contributed by atoms with Crippen LogP contribution in [0.2, 0.25) is 0 Å². The van der Waals surface area contributed by atoms with Crippen LogP contribution in [-0.2, 0) is 0 Å². The molecule has 1 heterocycles. The number of nitrogens with zero attached hydrogens (tertiary/aromatic N) is 1. The van der Waals surface area contributed by atoms with Crippen molar-refractivity contribution in [1.29, 1.82) is 0 Å². The van der Waals surface area contributed by atoms with Gasteiger partial charge in [0.15, 0.2) is 0 Å². The molecule has 0 spiro atoms. The minimum absolute atomic E-state index is 0.177. The van der Waals surface area contributed by atoms with E-state index in [1.807, 2.05) is 5.27 Å². The van der Waals surface area contributed by atoms with Crippen molar-refractivity contribution in [3.8, 4) is 5.69 Å². The first-order valence-electron chi connectivity index (χ1n) is 4.71. The molecule has 0 aliphatic heterocycles. The number of Topliss-reactive ketones (excluding diaryl/α,β-unsaturated/α-hetero) is 1. The summed E-state index contributed by atoms with van der Waals surface area (Å²) in [5, 5.41) is 1.95. The zero-order chi connectivity index (χ0) is 13.3. The quantitative estimate of drug-likeness (QED) is 0.646. The number of ketones is 1. The topological polar surface area (TPSA) is 67.0 Å². The van der Waals surface area contributed by atoms with Crippen molar-refractivity contribution in [2.24, 2.45) is 0 Å². The number of carbonyl (C=O) groups is 1. The highest BCUT2D eigenvalue weighted by Crippen LogP contribution is 2.18. The Hall–Kier alpha value is -2.38. The molecular weight excluding hydrogens is 253 g/mol. The molecule has 2 aromatic rings. The van der Waals surface area contributed by atoms with E-state index in [4.69, 9.17) is 0 Å². The molecule has 0 aliphatic rings. The SMILES string of the molecule is O=C(c1c(=O)o[nH][n+]1-c1ccccc1)C(F)(F)F. The van der Waals surface area contributed by atoms with E-state index in [2.05, 4.69) is 4.52 Å². The molecule has 0 unspecified atom stereocenters. The fourth-order valence-electron chi connectivity index (χ4n) is 1.36. The molecule has 0 bridgehead atoms. The third-order valence-corrected chi connectivity index (χ3v) is 2.13. The van der Waals surface area contributed by atoms with Gasteiger partial charge in [-0.3, -0.25) is 9.32 Å². The lowest BCUT2D eigenvalue weighted by Crippen LogP contribution is -2.44. The number of nitrogens with one attached hydrogen (secondary N) is 1. The number of halogens is 3. The number of hydrogen-bond acceptors (Lipinski definition) is 3. The van der Waals surface area contributed by atoms with Gasteiger partial charge in [-0.05, 0) is 9.95 Å². The van der Waals surface area contributed by atoms with Crippen molar-refractivity contribution < 1.29 is 27.2 Å². The number of alkyl halides is 3. The first kappa shape index (κ1) is 12.1. The lowest BCUT2D eigenvalue weighted by atomic mass is 10.2. The third-order valence-electron chi connectivity index (χ3n) is 2.13. The van der Waals surface area contributed by atoms with Gasteiger partial charge in [-0.2, -0.15) is 13.2 Å². The Morgan fingerprint density at radius 3 is 2.39 bits per heavy atom. The normalized spacial score (nSPS) is 11.5. The maximum absolute atomic E-state index is 12.3. The standard InChI is InChI=1S/C10H5F3N2O3/c11-10(12,13)8(16)7-9(17)18-14-15(7)6-4-2-1-3-5-6/h1-5H/p+1. The van der Waals surface area contributed by atoms with Gasteiger partial charge in [0, 0.05) is 12.1 Å². The third kappa shape index (κ3) is 2.04. The monoisotopic (exact) mass is 259 g/mol. The van der Waals surface area contributed by atoms with Crippen molar-refractivity contribution in [3.63, 3.8) is 0 Å². The fourth-order valence-corrected chi connectivity index (χ4v) is 1.36. The largest absolute Gasteiger partial charge is 0.461 e. The molecule has 0 fully saturated rings. The van der Waals surface area contributed by atoms with Crippen LogP contribution in [0.25, 0.3) is 5.69 Å². The molecule has 0 radical (unpaired) electrons. The molecule has 1 aromatic heterocycles. The first-order chi connectivity index (χ1) is 8.41. The lowest BCUT2D eigenvalue weighted by Gasteiger charge is -1.98. The predicted molar refractivity (Wildman–Crippen MR) is 51.2 cm³/mol. The van der Waals surface area contributed by atoms with E-state index in [0.29, 0.717) is 4.68 Å². The highest BCUT2D eigenvalue weighted by molar-refractivity contribution is 5.97. The summed E-state index contributed by atoms with van der Waals surface area (Å²) < 4.78 is 41.9. The Labute approximate surface area is 97.4 Å². The molecule has 8 heteroatoms. The van der Waals surface area contributed by atoms with Crippen LogP contribution in [0.1, 0.15) is 10.5 Å². The Bertz CT molecular complexity index is 628. The zero-order valence-corrected chi connectivity index (χ0v) is 8.69. The van der Waals surface area contributed by atoms with Gasteiger partial charge < -0.3 is 0 Å². The van der Waals surface area contributed by atoms with Gasteiger partial charge in [0.05, 0.1) is 0 Å². The van der Waals surface area contributed by atoms with E-state index in [1.54, 1.807) is 6.07 Å². The van der Waals surface area contributed by atoms with Crippen molar-refractivity contribution in [2.45, 2.75) is 6.18 Å². The van der Waals surface area contributed by atoms with Crippen LogP contribution < -0.4 is 10.3 Å². The number of benzene rings is 1. The second kappa shape index (κ2) is 4.13. The summed E-state index contributed by atoms with van der Waals surface area (Å²) in [6, 6.07) is 7.54. The second-order valence-electron chi connectivity index (χ2n) is 3.33. The molecule has 18 heavy (non-hydrogen) atoms. The van der Waals surface area contributed by atoms with Crippen LogP contribution in [-0.4, -0.2) is 17.2 Å². The first-order valence-corrected chi connectivity index (χ1v) is 4.71. The number of hydrogen-bond donors (Lipinski definition) is 1. The van der Waals surface area contributed by atoms with Crippen LogP contribution in [0.5, 0.6) is 0 Å². The highest BCUT2D eigenvalue weighted by atomic mass is 19.4. The van der Waals surface area contributed by atoms with Crippen molar-refractivity contribution >= 4 is 5.78 Å². The van der Waals surface area contributed by atoms with Gasteiger partial charge in [-0.1, -0.05) is 18.2 Å². The van der Waals surface area contributed by atoms with Crippen molar-refractivity contribution in [3.05, 3.63) is 46.4 Å². The van der Waals surface area contributed by atoms with Gasteiger partial charge in [0.1, 0.15) is 0 Å². The zero-order valence-electron chi connectivity index (χ0n) is 8.69.